The van der Waals surface area contributed by atoms with E-state index in [4.69, 9.17) is 0 Å². The molecular formula is C20H29N3O. The molecule has 1 amide bonds. The highest BCUT2D eigenvalue weighted by molar-refractivity contribution is 5.76. The molecule has 2 saturated heterocycles. The maximum atomic E-state index is 12.3. The molecule has 0 radical (unpaired) electrons. The van der Waals surface area contributed by atoms with E-state index in [1.807, 2.05) is 6.07 Å². The topological polar surface area (TPSA) is 26.8 Å². The molecule has 2 aliphatic rings. The predicted octanol–water partition coefficient (Wildman–Crippen LogP) is 2.33. The molecule has 0 aromatic heterocycles. The highest BCUT2D eigenvalue weighted by Crippen LogP contribution is 2.09. The lowest BCUT2D eigenvalue weighted by atomic mass is 10.2. The standard InChI is InChI=1S/C20H29N3O/c24-20-10-14-22(13-6-9-19-7-2-1-3-8-19)16-18-23(20)17-15-21-11-4-5-12-21/h1-3,6-9H,4-5,10-18H2. The van der Waals surface area contributed by atoms with Crippen LogP contribution in [0.1, 0.15) is 24.8 Å². The van der Waals surface area contributed by atoms with Crippen molar-refractivity contribution >= 4 is 12.0 Å². The summed E-state index contributed by atoms with van der Waals surface area (Å²) in [6.45, 7) is 7.99. The van der Waals surface area contributed by atoms with E-state index in [1.165, 1.54) is 31.5 Å². The first-order valence-electron chi connectivity index (χ1n) is 9.25. The Morgan fingerprint density at radius 2 is 1.67 bits per heavy atom. The largest absolute Gasteiger partial charge is 0.340 e. The third kappa shape index (κ3) is 5.18. The summed E-state index contributed by atoms with van der Waals surface area (Å²) >= 11 is 0. The van der Waals surface area contributed by atoms with Gasteiger partial charge in [0.15, 0.2) is 0 Å². The van der Waals surface area contributed by atoms with Crippen molar-refractivity contribution in [3.05, 3.63) is 42.0 Å². The van der Waals surface area contributed by atoms with Gasteiger partial charge in [-0.05, 0) is 31.5 Å². The third-order valence-electron chi connectivity index (χ3n) is 5.04. The van der Waals surface area contributed by atoms with Crippen LogP contribution in [0.5, 0.6) is 0 Å². The molecule has 2 fully saturated rings. The first-order valence-corrected chi connectivity index (χ1v) is 9.25. The van der Waals surface area contributed by atoms with E-state index in [-0.39, 0.29) is 0 Å². The van der Waals surface area contributed by atoms with Crippen molar-refractivity contribution in [2.75, 3.05) is 52.4 Å². The van der Waals surface area contributed by atoms with Crippen molar-refractivity contribution < 1.29 is 4.79 Å². The van der Waals surface area contributed by atoms with Gasteiger partial charge in [0.1, 0.15) is 0 Å². The monoisotopic (exact) mass is 327 g/mol. The Balaban J connectivity index is 1.43. The molecule has 0 bridgehead atoms. The van der Waals surface area contributed by atoms with Gasteiger partial charge in [-0.3, -0.25) is 9.69 Å². The lowest BCUT2D eigenvalue weighted by Crippen LogP contribution is -2.39. The summed E-state index contributed by atoms with van der Waals surface area (Å²) in [5.41, 5.74) is 1.23. The zero-order valence-corrected chi connectivity index (χ0v) is 14.6. The van der Waals surface area contributed by atoms with E-state index in [1.54, 1.807) is 0 Å². The van der Waals surface area contributed by atoms with Crippen molar-refractivity contribution in [3.63, 3.8) is 0 Å². The normalized spacial score (nSPS) is 20.8. The zero-order valence-electron chi connectivity index (χ0n) is 14.6. The second kappa shape index (κ2) is 9.00. The first-order chi connectivity index (χ1) is 11.8. The number of amides is 1. The quantitative estimate of drug-likeness (QED) is 0.802. The molecule has 4 heteroatoms. The van der Waals surface area contributed by atoms with Crippen molar-refractivity contribution in [1.82, 2.24) is 14.7 Å². The van der Waals surface area contributed by atoms with Gasteiger partial charge < -0.3 is 9.80 Å². The van der Waals surface area contributed by atoms with Gasteiger partial charge in [-0.25, -0.2) is 0 Å². The Kier molecular flexibility index (Phi) is 6.44. The number of benzene rings is 1. The van der Waals surface area contributed by atoms with Gasteiger partial charge >= 0.3 is 0 Å². The van der Waals surface area contributed by atoms with Crippen molar-refractivity contribution in [3.8, 4) is 0 Å². The second-order valence-corrected chi connectivity index (χ2v) is 6.79. The van der Waals surface area contributed by atoms with E-state index in [9.17, 15) is 4.79 Å². The SMILES string of the molecule is O=C1CCN(CC=Cc2ccccc2)CCN1CCN1CCCC1. The maximum absolute atomic E-state index is 12.3. The van der Waals surface area contributed by atoms with Crippen LogP contribution in [0, 0.1) is 0 Å². The van der Waals surface area contributed by atoms with Gasteiger partial charge in [0, 0.05) is 45.7 Å². The molecule has 0 saturated carbocycles. The van der Waals surface area contributed by atoms with Gasteiger partial charge in [-0.15, -0.1) is 0 Å². The highest BCUT2D eigenvalue weighted by Gasteiger charge is 2.21. The molecular weight excluding hydrogens is 298 g/mol. The van der Waals surface area contributed by atoms with Crippen LogP contribution in [-0.2, 0) is 4.79 Å². The van der Waals surface area contributed by atoms with Gasteiger partial charge in [0.05, 0.1) is 0 Å². The average Bonchev–Trinajstić information content (AvgIpc) is 3.06. The molecule has 130 valence electrons. The minimum Gasteiger partial charge on any atom is -0.340 e. The molecule has 1 aromatic rings. The van der Waals surface area contributed by atoms with Gasteiger partial charge in [0.2, 0.25) is 5.91 Å². The van der Waals surface area contributed by atoms with Crippen molar-refractivity contribution in [2.24, 2.45) is 0 Å². The smallest absolute Gasteiger partial charge is 0.223 e. The lowest BCUT2D eigenvalue weighted by Gasteiger charge is -2.24. The molecule has 3 rings (SSSR count). The second-order valence-electron chi connectivity index (χ2n) is 6.79. The Labute approximate surface area is 145 Å². The summed E-state index contributed by atoms with van der Waals surface area (Å²) in [6.07, 6.45) is 7.65. The molecule has 0 unspecified atom stereocenters. The van der Waals surface area contributed by atoms with Crippen LogP contribution < -0.4 is 0 Å². The molecule has 0 atom stereocenters. The summed E-state index contributed by atoms with van der Waals surface area (Å²) in [6, 6.07) is 10.4. The molecule has 2 aliphatic heterocycles. The van der Waals surface area contributed by atoms with Crippen molar-refractivity contribution in [2.45, 2.75) is 19.3 Å². The molecule has 2 heterocycles. The fourth-order valence-corrected chi connectivity index (χ4v) is 3.50. The minimum absolute atomic E-state index is 0.323. The van der Waals surface area contributed by atoms with Crippen LogP contribution in [0.25, 0.3) is 6.08 Å². The number of nitrogens with zero attached hydrogens (tertiary/aromatic N) is 3. The first kappa shape index (κ1) is 17.2. The van der Waals surface area contributed by atoms with Gasteiger partial charge in [-0.1, -0.05) is 42.5 Å². The molecule has 0 N–H and O–H groups in total. The summed E-state index contributed by atoms with van der Waals surface area (Å²) < 4.78 is 0. The number of hydrogen-bond acceptors (Lipinski definition) is 3. The fraction of sp³-hybridized carbons (Fsp3) is 0.550. The molecule has 0 spiro atoms. The van der Waals surface area contributed by atoms with E-state index in [0.29, 0.717) is 12.3 Å². The molecule has 24 heavy (non-hydrogen) atoms. The number of likely N-dealkylation sites (tertiary alicyclic amines) is 1. The number of carbonyl (C=O) groups is 1. The van der Waals surface area contributed by atoms with Crippen LogP contribution in [-0.4, -0.2) is 73.0 Å². The fourth-order valence-electron chi connectivity index (χ4n) is 3.50. The predicted molar refractivity (Wildman–Crippen MR) is 98.8 cm³/mol. The minimum atomic E-state index is 0.323. The number of carbonyl (C=O) groups excluding carboxylic acids is 1. The highest BCUT2D eigenvalue weighted by atomic mass is 16.2. The summed E-state index contributed by atoms with van der Waals surface area (Å²) in [4.78, 5) is 19.3. The van der Waals surface area contributed by atoms with Gasteiger partial charge in [-0.2, -0.15) is 0 Å². The van der Waals surface area contributed by atoms with E-state index in [2.05, 4.69) is 51.1 Å². The van der Waals surface area contributed by atoms with E-state index in [0.717, 1.165) is 39.3 Å². The Bertz CT molecular complexity index is 537. The van der Waals surface area contributed by atoms with Crippen LogP contribution >= 0.6 is 0 Å². The number of hydrogen-bond donors (Lipinski definition) is 0. The number of rotatable bonds is 6. The molecule has 4 nitrogen and oxygen atoms in total. The summed E-state index contributed by atoms with van der Waals surface area (Å²) in [7, 11) is 0. The maximum Gasteiger partial charge on any atom is 0.223 e. The van der Waals surface area contributed by atoms with Crippen LogP contribution in [0.15, 0.2) is 36.4 Å². The van der Waals surface area contributed by atoms with Gasteiger partial charge in [0.25, 0.3) is 0 Å². The van der Waals surface area contributed by atoms with Crippen LogP contribution in [0.2, 0.25) is 0 Å². The molecule has 1 aromatic carbocycles. The van der Waals surface area contributed by atoms with Crippen LogP contribution in [0.3, 0.4) is 0 Å². The zero-order chi connectivity index (χ0) is 16.6. The third-order valence-corrected chi connectivity index (χ3v) is 5.04. The molecule has 0 aliphatic carbocycles. The van der Waals surface area contributed by atoms with Crippen LogP contribution in [0.4, 0.5) is 0 Å². The Morgan fingerprint density at radius 1 is 0.875 bits per heavy atom. The summed E-state index contributed by atoms with van der Waals surface area (Å²) in [5.74, 6) is 0.323. The Hall–Kier alpha value is -1.65. The lowest BCUT2D eigenvalue weighted by molar-refractivity contribution is -0.130. The van der Waals surface area contributed by atoms with Crippen molar-refractivity contribution in [1.29, 1.82) is 0 Å². The summed E-state index contributed by atoms with van der Waals surface area (Å²) in [5, 5.41) is 0. The van der Waals surface area contributed by atoms with E-state index < -0.39 is 0 Å². The van der Waals surface area contributed by atoms with E-state index >= 15 is 0 Å². The average molecular weight is 327 g/mol. The Morgan fingerprint density at radius 3 is 2.46 bits per heavy atom.